The second kappa shape index (κ2) is 5.96. The Labute approximate surface area is 122 Å². The molecule has 2 rings (SSSR count). The van der Waals surface area contributed by atoms with Gasteiger partial charge in [0.1, 0.15) is 4.90 Å². The highest BCUT2D eigenvalue weighted by Crippen LogP contribution is 2.23. The summed E-state index contributed by atoms with van der Waals surface area (Å²) in [5.41, 5.74) is 0.419. The summed E-state index contributed by atoms with van der Waals surface area (Å²) in [5, 5.41) is 12.7. The van der Waals surface area contributed by atoms with E-state index >= 15 is 0 Å². The van der Waals surface area contributed by atoms with Crippen molar-refractivity contribution in [1.82, 2.24) is 9.78 Å². The number of benzene rings is 1. The minimum atomic E-state index is -3.84. The first kappa shape index (κ1) is 15.0. The van der Waals surface area contributed by atoms with E-state index in [1.54, 1.807) is 37.4 Å². The quantitative estimate of drug-likeness (QED) is 0.862. The molecule has 0 aliphatic rings. The van der Waals surface area contributed by atoms with Gasteiger partial charge in [-0.25, -0.2) is 8.42 Å². The van der Waals surface area contributed by atoms with Crippen LogP contribution in [0.1, 0.15) is 6.42 Å². The summed E-state index contributed by atoms with van der Waals surface area (Å²) in [6, 6.07) is 8.39. The highest BCUT2D eigenvalue weighted by Gasteiger charge is 2.26. The standard InChI is InChI=1S/C13H15N3O4S/c1-15-10-12(9-14-15)21(19,20)16(8-7-13(17)18)11-5-3-2-4-6-11/h2-6,9-10H,7-8H2,1H3,(H,17,18). The summed E-state index contributed by atoms with van der Waals surface area (Å²) in [4.78, 5) is 10.8. The summed E-state index contributed by atoms with van der Waals surface area (Å²) in [7, 11) is -2.23. The zero-order chi connectivity index (χ0) is 15.5. The Kier molecular flexibility index (Phi) is 4.27. The van der Waals surface area contributed by atoms with Crippen LogP contribution in [0.4, 0.5) is 5.69 Å². The summed E-state index contributed by atoms with van der Waals surface area (Å²) >= 11 is 0. The number of nitrogens with zero attached hydrogens (tertiary/aromatic N) is 3. The number of carboxylic acids is 1. The topological polar surface area (TPSA) is 92.5 Å². The first-order valence-electron chi connectivity index (χ1n) is 6.19. The minimum absolute atomic E-state index is 0.0271. The van der Waals surface area contributed by atoms with E-state index in [1.807, 2.05) is 0 Å². The smallest absolute Gasteiger partial charge is 0.305 e. The molecule has 8 heteroatoms. The maximum atomic E-state index is 12.6. The van der Waals surface area contributed by atoms with E-state index in [2.05, 4.69) is 5.10 Å². The molecule has 21 heavy (non-hydrogen) atoms. The molecule has 0 radical (unpaired) electrons. The maximum absolute atomic E-state index is 12.6. The van der Waals surface area contributed by atoms with Gasteiger partial charge in [-0.3, -0.25) is 13.8 Å². The van der Waals surface area contributed by atoms with Gasteiger partial charge in [0.25, 0.3) is 10.0 Å². The number of hydrogen-bond donors (Lipinski definition) is 1. The molecule has 1 heterocycles. The van der Waals surface area contributed by atoms with Crippen molar-refractivity contribution in [3.8, 4) is 0 Å². The van der Waals surface area contributed by atoms with Crippen molar-refractivity contribution in [1.29, 1.82) is 0 Å². The zero-order valence-electron chi connectivity index (χ0n) is 11.4. The van der Waals surface area contributed by atoms with Gasteiger partial charge in [0, 0.05) is 19.8 Å². The fourth-order valence-corrected chi connectivity index (χ4v) is 3.29. The van der Waals surface area contributed by atoms with E-state index in [4.69, 9.17) is 5.11 Å². The summed E-state index contributed by atoms with van der Waals surface area (Å²) in [6.45, 7) is -0.142. The number of aryl methyl sites for hydroxylation is 1. The number of sulfonamides is 1. The van der Waals surface area contributed by atoms with Gasteiger partial charge in [-0.2, -0.15) is 5.10 Å². The molecule has 0 bridgehead atoms. The molecule has 7 nitrogen and oxygen atoms in total. The lowest BCUT2D eigenvalue weighted by Gasteiger charge is -2.23. The third-order valence-corrected chi connectivity index (χ3v) is 4.62. The molecule has 2 aromatic rings. The van der Waals surface area contributed by atoms with Crippen molar-refractivity contribution in [2.24, 2.45) is 7.05 Å². The number of para-hydroxylation sites is 1. The van der Waals surface area contributed by atoms with Crippen molar-refractivity contribution in [2.45, 2.75) is 11.3 Å². The summed E-state index contributed by atoms with van der Waals surface area (Å²) in [5.74, 6) is -1.06. The van der Waals surface area contributed by atoms with E-state index in [0.717, 1.165) is 4.31 Å². The lowest BCUT2D eigenvalue weighted by Crippen LogP contribution is -2.32. The van der Waals surface area contributed by atoms with Gasteiger partial charge in [0.2, 0.25) is 0 Å². The summed E-state index contributed by atoms with van der Waals surface area (Å²) in [6.07, 6.45) is 2.34. The molecule has 0 atom stereocenters. The van der Waals surface area contributed by atoms with Crippen LogP contribution in [0, 0.1) is 0 Å². The van der Waals surface area contributed by atoms with Crippen LogP contribution in [0.25, 0.3) is 0 Å². The van der Waals surface area contributed by atoms with Crippen LogP contribution >= 0.6 is 0 Å². The number of anilines is 1. The predicted molar refractivity (Wildman–Crippen MR) is 76.4 cm³/mol. The van der Waals surface area contributed by atoms with E-state index in [0.29, 0.717) is 5.69 Å². The molecule has 0 aliphatic carbocycles. The minimum Gasteiger partial charge on any atom is -0.481 e. The Bertz CT molecular complexity index is 725. The van der Waals surface area contributed by atoms with E-state index in [9.17, 15) is 13.2 Å². The lowest BCUT2D eigenvalue weighted by molar-refractivity contribution is -0.136. The second-order valence-electron chi connectivity index (χ2n) is 4.41. The zero-order valence-corrected chi connectivity index (χ0v) is 12.2. The number of aliphatic carboxylic acids is 1. The largest absolute Gasteiger partial charge is 0.481 e. The van der Waals surface area contributed by atoms with Crippen molar-refractivity contribution in [2.75, 3.05) is 10.8 Å². The summed E-state index contributed by atoms with van der Waals surface area (Å²) < 4.78 is 27.7. The molecular formula is C13H15N3O4S. The van der Waals surface area contributed by atoms with Crippen LogP contribution in [-0.4, -0.2) is 35.8 Å². The Morgan fingerprint density at radius 2 is 2.00 bits per heavy atom. The molecule has 1 aromatic carbocycles. The molecule has 0 amide bonds. The number of rotatable bonds is 6. The van der Waals surface area contributed by atoms with Gasteiger partial charge in [0.05, 0.1) is 18.3 Å². The molecule has 0 saturated heterocycles. The first-order valence-corrected chi connectivity index (χ1v) is 7.63. The highest BCUT2D eigenvalue weighted by molar-refractivity contribution is 7.92. The van der Waals surface area contributed by atoms with Gasteiger partial charge in [-0.1, -0.05) is 18.2 Å². The van der Waals surface area contributed by atoms with E-state index in [-0.39, 0.29) is 17.9 Å². The van der Waals surface area contributed by atoms with Crippen molar-refractivity contribution in [3.05, 3.63) is 42.7 Å². The molecule has 0 fully saturated rings. The Morgan fingerprint density at radius 1 is 1.33 bits per heavy atom. The Hall–Kier alpha value is -2.35. The fraction of sp³-hybridized carbons (Fsp3) is 0.231. The third-order valence-electron chi connectivity index (χ3n) is 2.84. The van der Waals surface area contributed by atoms with E-state index in [1.165, 1.54) is 17.1 Å². The third kappa shape index (κ3) is 3.40. The average Bonchev–Trinajstić information content (AvgIpc) is 2.87. The van der Waals surface area contributed by atoms with Gasteiger partial charge in [0.15, 0.2) is 0 Å². The van der Waals surface area contributed by atoms with Gasteiger partial charge < -0.3 is 5.11 Å². The number of hydrogen-bond acceptors (Lipinski definition) is 4. The van der Waals surface area contributed by atoms with Gasteiger partial charge in [-0.05, 0) is 12.1 Å². The van der Waals surface area contributed by atoms with E-state index < -0.39 is 16.0 Å². The fourth-order valence-electron chi connectivity index (χ4n) is 1.84. The van der Waals surface area contributed by atoms with Crippen molar-refractivity contribution in [3.63, 3.8) is 0 Å². The van der Waals surface area contributed by atoms with Gasteiger partial charge in [-0.15, -0.1) is 0 Å². The molecule has 1 aromatic heterocycles. The van der Waals surface area contributed by atoms with Crippen LogP contribution in [0.15, 0.2) is 47.6 Å². The average molecular weight is 309 g/mol. The van der Waals surface area contributed by atoms with Crippen molar-refractivity contribution >= 4 is 21.7 Å². The second-order valence-corrected chi connectivity index (χ2v) is 6.27. The SMILES string of the molecule is Cn1cc(S(=O)(=O)N(CCC(=O)O)c2ccccc2)cn1. The molecule has 112 valence electrons. The van der Waals surface area contributed by atoms with Crippen LogP contribution in [-0.2, 0) is 21.9 Å². The lowest BCUT2D eigenvalue weighted by atomic mass is 10.3. The first-order chi connectivity index (χ1) is 9.91. The molecule has 0 unspecified atom stereocenters. The Morgan fingerprint density at radius 3 is 2.52 bits per heavy atom. The van der Waals surface area contributed by atoms with Crippen LogP contribution in [0.3, 0.4) is 0 Å². The van der Waals surface area contributed by atoms with Crippen LogP contribution in [0.2, 0.25) is 0 Å². The number of carbonyl (C=O) groups is 1. The number of aromatic nitrogens is 2. The Balaban J connectivity index is 2.41. The molecule has 1 N–H and O–H groups in total. The maximum Gasteiger partial charge on any atom is 0.305 e. The number of carboxylic acid groups (broad SMARTS) is 1. The van der Waals surface area contributed by atoms with Crippen molar-refractivity contribution < 1.29 is 18.3 Å². The van der Waals surface area contributed by atoms with Crippen LogP contribution < -0.4 is 4.31 Å². The molecular weight excluding hydrogens is 294 g/mol. The highest BCUT2D eigenvalue weighted by atomic mass is 32.2. The van der Waals surface area contributed by atoms with Crippen LogP contribution in [0.5, 0.6) is 0 Å². The molecule has 0 spiro atoms. The molecule has 0 aliphatic heterocycles. The van der Waals surface area contributed by atoms with Gasteiger partial charge >= 0.3 is 5.97 Å². The normalized spacial score (nSPS) is 11.3. The molecule has 0 saturated carbocycles. The monoisotopic (exact) mass is 309 g/mol. The predicted octanol–water partition coefficient (Wildman–Crippen LogP) is 1.09.